The standard InChI is InChI=1S/C18H23NO8/c1-10(20)14-6-5-7-19(8-14)18-17(26-13(4)23)16(25-12(3)22)15(27-18)9-24-11(2)21/h5,7-8,15-18H,6,9H2,1-4H3/t15-,16-,17-,18-/m1/s1. The van der Waals surface area contributed by atoms with Crippen molar-refractivity contribution in [1.82, 2.24) is 4.90 Å². The van der Waals surface area contributed by atoms with Gasteiger partial charge in [-0.2, -0.15) is 0 Å². The highest BCUT2D eigenvalue weighted by molar-refractivity contribution is 5.93. The van der Waals surface area contributed by atoms with Crippen LogP contribution < -0.4 is 0 Å². The third kappa shape index (κ3) is 5.40. The van der Waals surface area contributed by atoms with Crippen molar-refractivity contribution >= 4 is 23.7 Å². The highest BCUT2D eigenvalue weighted by Gasteiger charge is 2.51. The molecule has 0 aromatic carbocycles. The van der Waals surface area contributed by atoms with E-state index < -0.39 is 42.4 Å². The normalized spacial score (nSPS) is 27.0. The van der Waals surface area contributed by atoms with Gasteiger partial charge in [0.1, 0.15) is 12.7 Å². The van der Waals surface area contributed by atoms with E-state index in [2.05, 4.69) is 0 Å². The minimum atomic E-state index is -0.973. The van der Waals surface area contributed by atoms with Gasteiger partial charge in [-0.3, -0.25) is 19.2 Å². The Bertz CT molecular complexity index is 683. The van der Waals surface area contributed by atoms with Crippen LogP contribution in [0.2, 0.25) is 0 Å². The quantitative estimate of drug-likeness (QED) is 0.488. The van der Waals surface area contributed by atoms with Crippen molar-refractivity contribution in [2.45, 2.75) is 58.7 Å². The van der Waals surface area contributed by atoms with Gasteiger partial charge in [0.05, 0.1) is 0 Å². The average molecular weight is 381 g/mol. The first-order chi connectivity index (χ1) is 12.7. The van der Waals surface area contributed by atoms with Crippen LogP contribution in [0.3, 0.4) is 0 Å². The molecule has 4 atom stereocenters. The van der Waals surface area contributed by atoms with Gasteiger partial charge in [0.15, 0.2) is 24.2 Å². The van der Waals surface area contributed by atoms with Gasteiger partial charge in [0.25, 0.3) is 0 Å². The average Bonchev–Trinajstić information content (AvgIpc) is 2.89. The number of hydrogen-bond acceptors (Lipinski definition) is 9. The van der Waals surface area contributed by atoms with E-state index in [9.17, 15) is 19.2 Å². The summed E-state index contributed by atoms with van der Waals surface area (Å²) in [6, 6.07) is 0. The van der Waals surface area contributed by atoms with E-state index >= 15 is 0 Å². The lowest BCUT2D eigenvalue weighted by atomic mass is 10.1. The summed E-state index contributed by atoms with van der Waals surface area (Å²) in [6.07, 6.45) is 1.89. The predicted octanol–water partition coefficient (Wildman–Crippen LogP) is 0.830. The van der Waals surface area contributed by atoms with Gasteiger partial charge >= 0.3 is 17.9 Å². The van der Waals surface area contributed by atoms with Crippen molar-refractivity contribution in [2.24, 2.45) is 0 Å². The lowest BCUT2D eigenvalue weighted by Gasteiger charge is -2.30. The first-order valence-electron chi connectivity index (χ1n) is 8.48. The molecule has 0 aliphatic carbocycles. The third-order valence-electron chi connectivity index (χ3n) is 4.01. The van der Waals surface area contributed by atoms with Crippen molar-refractivity contribution in [3.8, 4) is 0 Å². The van der Waals surface area contributed by atoms with Crippen LogP contribution in [0.15, 0.2) is 24.0 Å². The molecule has 9 heteroatoms. The predicted molar refractivity (Wildman–Crippen MR) is 90.8 cm³/mol. The molecule has 2 aliphatic heterocycles. The van der Waals surface area contributed by atoms with E-state index in [1.165, 1.54) is 27.7 Å². The second kappa shape index (κ2) is 8.81. The SMILES string of the molecule is CC(=O)OC[C@H]1O[C@@H](N2C=CCC(C(C)=O)=C2)[C@H](OC(C)=O)[C@@H]1OC(C)=O. The number of esters is 3. The smallest absolute Gasteiger partial charge is 0.303 e. The summed E-state index contributed by atoms with van der Waals surface area (Å²) in [5.41, 5.74) is 0.551. The summed E-state index contributed by atoms with van der Waals surface area (Å²) in [5.74, 6) is -1.80. The molecule has 0 spiro atoms. The van der Waals surface area contributed by atoms with Gasteiger partial charge in [-0.15, -0.1) is 0 Å². The molecule has 9 nitrogen and oxygen atoms in total. The molecule has 1 fully saturated rings. The number of Topliss-reactive ketones (excluding diaryl/α,β-unsaturated/α-hetero) is 1. The maximum atomic E-state index is 11.7. The van der Waals surface area contributed by atoms with Crippen molar-refractivity contribution in [2.75, 3.05) is 6.61 Å². The van der Waals surface area contributed by atoms with Crippen LogP contribution >= 0.6 is 0 Å². The summed E-state index contributed by atoms with van der Waals surface area (Å²) in [6.45, 7) is 4.96. The van der Waals surface area contributed by atoms with E-state index in [0.29, 0.717) is 12.0 Å². The van der Waals surface area contributed by atoms with Gasteiger partial charge in [-0.05, 0) is 13.3 Å². The van der Waals surface area contributed by atoms with Crippen LogP contribution in [-0.4, -0.2) is 59.7 Å². The molecule has 0 bridgehead atoms. The van der Waals surface area contributed by atoms with E-state index in [1.54, 1.807) is 23.4 Å². The Kier molecular flexibility index (Phi) is 6.73. The maximum Gasteiger partial charge on any atom is 0.303 e. The second-order valence-corrected chi connectivity index (χ2v) is 6.26. The monoisotopic (exact) mass is 381 g/mol. The second-order valence-electron chi connectivity index (χ2n) is 6.26. The number of hydrogen-bond donors (Lipinski definition) is 0. The van der Waals surface area contributed by atoms with Gasteiger partial charge in [-0.1, -0.05) is 6.08 Å². The molecule has 148 valence electrons. The summed E-state index contributed by atoms with van der Waals surface area (Å²) in [5, 5.41) is 0. The van der Waals surface area contributed by atoms with Crippen LogP contribution in [0, 0.1) is 0 Å². The minimum absolute atomic E-state index is 0.0978. The number of ketones is 1. The molecule has 1 saturated heterocycles. The molecule has 27 heavy (non-hydrogen) atoms. The zero-order chi connectivity index (χ0) is 20.1. The van der Waals surface area contributed by atoms with E-state index in [-0.39, 0.29) is 12.4 Å². The summed E-state index contributed by atoms with van der Waals surface area (Å²) in [4.78, 5) is 47.5. The molecule has 2 aliphatic rings. The van der Waals surface area contributed by atoms with E-state index in [4.69, 9.17) is 18.9 Å². The molecule has 2 heterocycles. The van der Waals surface area contributed by atoms with Crippen LogP contribution in [0.4, 0.5) is 0 Å². The van der Waals surface area contributed by atoms with Crippen LogP contribution in [0.25, 0.3) is 0 Å². The molecule has 0 aromatic rings. The Morgan fingerprint density at radius 1 is 1.04 bits per heavy atom. The van der Waals surface area contributed by atoms with E-state index in [0.717, 1.165) is 0 Å². The summed E-state index contributed by atoms with van der Waals surface area (Å²) < 4.78 is 21.5. The number of rotatable bonds is 6. The fourth-order valence-electron chi connectivity index (χ4n) is 2.90. The highest BCUT2D eigenvalue weighted by Crippen LogP contribution is 2.32. The number of carbonyl (C=O) groups excluding carboxylic acids is 4. The van der Waals surface area contributed by atoms with Crippen molar-refractivity contribution in [3.05, 3.63) is 24.0 Å². The molecule has 0 amide bonds. The van der Waals surface area contributed by atoms with Gasteiger partial charge in [0, 0.05) is 38.7 Å². The minimum Gasteiger partial charge on any atom is -0.463 e. The fraction of sp³-hybridized carbons (Fsp3) is 0.556. The van der Waals surface area contributed by atoms with Gasteiger partial charge < -0.3 is 23.8 Å². The number of allylic oxidation sites excluding steroid dienone is 2. The summed E-state index contributed by atoms with van der Waals surface area (Å²) >= 11 is 0. The summed E-state index contributed by atoms with van der Waals surface area (Å²) in [7, 11) is 0. The number of nitrogens with zero attached hydrogens (tertiary/aromatic N) is 1. The molecule has 0 radical (unpaired) electrons. The van der Waals surface area contributed by atoms with Crippen LogP contribution in [-0.2, 0) is 38.1 Å². The van der Waals surface area contributed by atoms with Crippen molar-refractivity contribution in [3.63, 3.8) is 0 Å². The Morgan fingerprint density at radius 3 is 2.22 bits per heavy atom. The van der Waals surface area contributed by atoms with Crippen LogP contribution in [0.5, 0.6) is 0 Å². The Hall–Kier alpha value is -2.68. The molecule has 0 N–H and O–H groups in total. The largest absolute Gasteiger partial charge is 0.463 e. The Labute approximate surface area is 156 Å². The van der Waals surface area contributed by atoms with Gasteiger partial charge in [0.2, 0.25) is 0 Å². The van der Waals surface area contributed by atoms with Crippen LogP contribution in [0.1, 0.15) is 34.1 Å². The lowest BCUT2D eigenvalue weighted by molar-refractivity contribution is -0.166. The van der Waals surface area contributed by atoms with Gasteiger partial charge in [-0.25, -0.2) is 0 Å². The van der Waals surface area contributed by atoms with Crippen molar-refractivity contribution < 1.29 is 38.1 Å². The maximum absolute atomic E-state index is 11.7. The highest BCUT2D eigenvalue weighted by atomic mass is 16.7. The number of ether oxygens (including phenoxy) is 4. The Balaban J connectivity index is 2.32. The topological polar surface area (TPSA) is 108 Å². The molecular weight excluding hydrogens is 358 g/mol. The first kappa shape index (κ1) is 20.6. The number of carbonyl (C=O) groups is 4. The molecule has 0 aromatic heterocycles. The Morgan fingerprint density at radius 2 is 1.67 bits per heavy atom. The zero-order valence-electron chi connectivity index (χ0n) is 15.7. The molecule has 0 unspecified atom stereocenters. The molecule has 2 rings (SSSR count). The lowest BCUT2D eigenvalue weighted by Crippen LogP contribution is -2.44. The molecule has 0 saturated carbocycles. The third-order valence-corrected chi connectivity index (χ3v) is 4.01. The first-order valence-corrected chi connectivity index (χ1v) is 8.48. The van der Waals surface area contributed by atoms with Crippen molar-refractivity contribution in [1.29, 1.82) is 0 Å². The molecular formula is C18H23NO8. The van der Waals surface area contributed by atoms with E-state index in [1.807, 2.05) is 0 Å². The fourth-order valence-corrected chi connectivity index (χ4v) is 2.90. The zero-order valence-corrected chi connectivity index (χ0v) is 15.7.